The second-order valence-electron chi connectivity index (χ2n) is 5.80. The molecule has 0 aliphatic heterocycles. The Hall–Kier alpha value is -0.353. The largest absolute Gasteiger partial charge is 0.418 e. The van der Waals surface area contributed by atoms with Crippen molar-refractivity contribution >= 4 is 14.0 Å². The summed E-state index contributed by atoms with van der Waals surface area (Å²) in [7, 11) is 2.64. The maximum atomic E-state index is 5.86. The molecule has 0 aromatic rings. The summed E-state index contributed by atoms with van der Waals surface area (Å²) in [5.74, 6) is 0.563. The van der Waals surface area contributed by atoms with E-state index in [1.54, 1.807) is 0 Å². The van der Waals surface area contributed by atoms with Gasteiger partial charge in [-0.25, -0.2) is 0 Å². The molecule has 102 valence electrons. The molecule has 0 fully saturated rings. The third-order valence-electron chi connectivity index (χ3n) is 2.58. The summed E-state index contributed by atoms with van der Waals surface area (Å²) in [5.41, 5.74) is 1.29. The molecule has 3 nitrogen and oxygen atoms in total. The fraction of sp³-hybridized carbons (Fsp3) is 0.923. The van der Waals surface area contributed by atoms with E-state index < -0.39 is 8.32 Å². The summed E-state index contributed by atoms with van der Waals surface area (Å²) >= 11 is 0. The molecule has 0 bridgehead atoms. The molecule has 1 unspecified atom stereocenters. The fourth-order valence-corrected chi connectivity index (χ4v) is 2.47. The predicted molar refractivity (Wildman–Crippen MR) is 79.1 cm³/mol. The van der Waals surface area contributed by atoms with Gasteiger partial charge in [-0.15, -0.1) is 0 Å². The predicted octanol–water partition coefficient (Wildman–Crippen LogP) is 3.58. The number of nitrogens with zero attached hydrogens (tertiary/aromatic N) is 2. The molecule has 0 amide bonds. The summed E-state index contributed by atoms with van der Waals surface area (Å²) in [6.45, 7) is 12.1. The molecule has 0 saturated carbocycles. The quantitative estimate of drug-likeness (QED) is 0.288. The molecular weight excluding hydrogens is 228 g/mol. The van der Waals surface area contributed by atoms with Crippen LogP contribution in [0.1, 0.15) is 33.1 Å². The Kier molecular flexibility index (Phi) is 7.71. The molecule has 0 radical (unpaired) electrons. The third kappa shape index (κ3) is 9.36. The molecule has 0 aromatic heterocycles. The van der Waals surface area contributed by atoms with Crippen molar-refractivity contribution in [1.29, 1.82) is 0 Å². The van der Waals surface area contributed by atoms with Gasteiger partial charge < -0.3 is 9.43 Å². The van der Waals surface area contributed by atoms with Crippen LogP contribution >= 0.6 is 0 Å². The lowest BCUT2D eigenvalue weighted by Crippen LogP contribution is -2.26. The van der Waals surface area contributed by atoms with E-state index in [2.05, 4.69) is 38.6 Å². The van der Waals surface area contributed by atoms with Gasteiger partial charge in [-0.3, -0.25) is 0 Å². The molecule has 0 heterocycles. The van der Waals surface area contributed by atoms with Gasteiger partial charge in [0.15, 0.2) is 8.32 Å². The van der Waals surface area contributed by atoms with Crippen molar-refractivity contribution in [2.24, 2.45) is 11.0 Å². The second kappa shape index (κ2) is 7.87. The molecule has 1 atom stereocenters. The van der Waals surface area contributed by atoms with E-state index in [0.29, 0.717) is 5.92 Å². The summed E-state index contributed by atoms with van der Waals surface area (Å²) in [5, 5.41) is 6.44. The first-order chi connectivity index (χ1) is 7.76. The van der Waals surface area contributed by atoms with Crippen molar-refractivity contribution in [3.05, 3.63) is 0 Å². The first-order valence-corrected chi connectivity index (χ1v) is 10.1. The average molecular weight is 258 g/mol. The number of hydrogen-bond donors (Lipinski definition) is 0. The van der Waals surface area contributed by atoms with Crippen LogP contribution in [0.3, 0.4) is 0 Å². The average Bonchev–Trinajstić information content (AvgIpc) is 2.19. The maximum Gasteiger partial charge on any atom is 0.183 e. The Bertz CT molecular complexity index is 234. The van der Waals surface area contributed by atoms with Crippen LogP contribution in [0.25, 0.3) is 0 Å². The monoisotopic (exact) mass is 258 g/mol. The van der Waals surface area contributed by atoms with Crippen molar-refractivity contribution in [3.63, 3.8) is 0 Å². The van der Waals surface area contributed by atoms with Crippen LogP contribution in [0.15, 0.2) is 5.10 Å². The zero-order chi connectivity index (χ0) is 13.5. The topological polar surface area (TPSA) is 24.8 Å². The summed E-state index contributed by atoms with van der Waals surface area (Å²) in [6.07, 6.45) is 3.34. The van der Waals surface area contributed by atoms with Crippen LogP contribution in [0.5, 0.6) is 0 Å². The smallest absolute Gasteiger partial charge is 0.183 e. The van der Waals surface area contributed by atoms with E-state index in [0.717, 1.165) is 19.4 Å². The van der Waals surface area contributed by atoms with Crippen LogP contribution in [0, 0.1) is 5.92 Å². The molecule has 0 aliphatic rings. The molecule has 0 N–H and O–H groups in total. The zero-order valence-electron chi connectivity index (χ0n) is 12.7. The minimum Gasteiger partial charge on any atom is -0.418 e. The van der Waals surface area contributed by atoms with Crippen LogP contribution in [-0.2, 0) is 4.43 Å². The Morgan fingerprint density at radius 3 is 2.29 bits per heavy atom. The highest BCUT2D eigenvalue weighted by Crippen LogP contribution is 2.12. The maximum absolute atomic E-state index is 5.86. The highest BCUT2D eigenvalue weighted by molar-refractivity contribution is 6.69. The highest BCUT2D eigenvalue weighted by Gasteiger charge is 2.14. The first kappa shape index (κ1) is 16.6. The van der Waals surface area contributed by atoms with Crippen molar-refractivity contribution in [2.45, 2.75) is 52.8 Å². The van der Waals surface area contributed by atoms with Gasteiger partial charge in [-0.1, -0.05) is 13.8 Å². The Balaban J connectivity index is 3.96. The van der Waals surface area contributed by atoms with Gasteiger partial charge in [0.25, 0.3) is 0 Å². The van der Waals surface area contributed by atoms with E-state index in [1.165, 1.54) is 12.1 Å². The van der Waals surface area contributed by atoms with E-state index in [1.807, 2.05) is 19.1 Å². The third-order valence-corrected chi connectivity index (χ3v) is 3.65. The molecular formula is C13H30N2OSi. The lowest BCUT2D eigenvalue weighted by atomic mass is 9.98. The lowest BCUT2D eigenvalue weighted by molar-refractivity contribution is 0.295. The Morgan fingerprint density at radius 1 is 1.29 bits per heavy atom. The molecule has 4 heteroatoms. The van der Waals surface area contributed by atoms with Crippen molar-refractivity contribution in [2.75, 3.05) is 20.7 Å². The van der Waals surface area contributed by atoms with Gasteiger partial charge in [0.05, 0.1) is 0 Å². The molecule has 0 spiro atoms. The van der Waals surface area contributed by atoms with E-state index >= 15 is 0 Å². The Labute approximate surface area is 108 Å². The Morgan fingerprint density at radius 2 is 1.88 bits per heavy atom. The van der Waals surface area contributed by atoms with Gasteiger partial charge in [0.1, 0.15) is 0 Å². The van der Waals surface area contributed by atoms with Crippen LogP contribution in [-0.4, -0.2) is 39.7 Å². The van der Waals surface area contributed by atoms with Crippen LogP contribution in [0.2, 0.25) is 19.6 Å². The molecule has 17 heavy (non-hydrogen) atoms. The summed E-state index contributed by atoms with van der Waals surface area (Å²) in [6, 6.07) is 0. The standard InChI is InChI=1S/C13H30N2OSi/c1-8-13(14-15(3)4)12(2)10-9-11-16-17(5,6)7/h12H,8-11H2,1-7H3. The fourth-order valence-electron chi connectivity index (χ4n) is 1.71. The SMILES string of the molecule is CCC(=NN(C)C)C(C)CCCO[Si](C)(C)C. The molecule has 0 saturated heterocycles. The van der Waals surface area contributed by atoms with E-state index in [4.69, 9.17) is 4.43 Å². The second-order valence-corrected chi connectivity index (χ2v) is 10.3. The number of hydrazone groups is 1. The summed E-state index contributed by atoms with van der Waals surface area (Å²) < 4.78 is 5.86. The van der Waals surface area contributed by atoms with Crippen LogP contribution in [0.4, 0.5) is 0 Å². The number of rotatable bonds is 8. The molecule has 0 rings (SSSR count). The lowest BCUT2D eigenvalue weighted by Gasteiger charge is -2.19. The van der Waals surface area contributed by atoms with Crippen molar-refractivity contribution in [3.8, 4) is 0 Å². The van der Waals surface area contributed by atoms with Crippen molar-refractivity contribution in [1.82, 2.24) is 5.01 Å². The number of hydrogen-bond acceptors (Lipinski definition) is 3. The molecule has 0 aromatic carbocycles. The minimum absolute atomic E-state index is 0.563. The van der Waals surface area contributed by atoms with Crippen LogP contribution < -0.4 is 0 Å². The van der Waals surface area contributed by atoms with Crippen molar-refractivity contribution < 1.29 is 4.43 Å². The first-order valence-electron chi connectivity index (χ1n) is 6.65. The van der Waals surface area contributed by atoms with Gasteiger partial charge >= 0.3 is 0 Å². The van der Waals surface area contributed by atoms with Gasteiger partial charge in [-0.05, 0) is 44.8 Å². The van der Waals surface area contributed by atoms with E-state index in [9.17, 15) is 0 Å². The van der Waals surface area contributed by atoms with E-state index in [-0.39, 0.29) is 0 Å². The van der Waals surface area contributed by atoms with Gasteiger partial charge in [0, 0.05) is 26.4 Å². The molecule has 0 aliphatic carbocycles. The van der Waals surface area contributed by atoms with Gasteiger partial charge in [-0.2, -0.15) is 5.10 Å². The normalized spacial score (nSPS) is 14.9. The summed E-state index contributed by atoms with van der Waals surface area (Å²) in [4.78, 5) is 0. The minimum atomic E-state index is -1.33. The highest BCUT2D eigenvalue weighted by atomic mass is 28.4. The van der Waals surface area contributed by atoms with Gasteiger partial charge in [0.2, 0.25) is 0 Å². The zero-order valence-corrected chi connectivity index (χ0v) is 13.7.